The van der Waals surface area contributed by atoms with Gasteiger partial charge in [0.1, 0.15) is 0 Å². The lowest BCUT2D eigenvalue weighted by Crippen LogP contribution is -2.40. The van der Waals surface area contributed by atoms with Gasteiger partial charge in [-0.25, -0.2) is 0 Å². The van der Waals surface area contributed by atoms with E-state index in [0.29, 0.717) is 36.6 Å². The third-order valence-corrected chi connectivity index (χ3v) is 3.61. The molecule has 17 heavy (non-hydrogen) atoms. The van der Waals surface area contributed by atoms with Crippen LogP contribution in [0.4, 0.5) is 0 Å². The van der Waals surface area contributed by atoms with Gasteiger partial charge in [-0.15, -0.1) is 0 Å². The van der Waals surface area contributed by atoms with Crippen LogP contribution in [0.25, 0.3) is 0 Å². The molecule has 0 aromatic carbocycles. The van der Waals surface area contributed by atoms with Crippen molar-refractivity contribution in [2.75, 3.05) is 19.6 Å². The normalized spacial score (nSPS) is 22.9. The molecule has 3 heteroatoms. The number of hydrogen-bond acceptors (Lipinski definition) is 2. The molecule has 0 bridgehead atoms. The molecule has 1 aliphatic heterocycles. The molecule has 0 saturated carbocycles. The predicted molar refractivity (Wildman–Crippen MR) is 71.6 cm³/mol. The second-order valence-electron chi connectivity index (χ2n) is 6.02. The van der Waals surface area contributed by atoms with Crippen molar-refractivity contribution in [3.05, 3.63) is 0 Å². The molecule has 0 aliphatic carbocycles. The van der Waals surface area contributed by atoms with Gasteiger partial charge in [-0.1, -0.05) is 20.8 Å². The van der Waals surface area contributed by atoms with E-state index in [1.807, 2.05) is 4.90 Å². The van der Waals surface area contributed by atoms with E-state index in [1.54, 1.807) is 0 Å². The van der Waals surface area contributed by atoms with Crippen molar-refractivity contribution in [1.29, 1.82) is 0 Å². The maximum absolute atomic E-state index is 12.2. The van der Waals surface area contributed by atoms with Crippen molar-refractivity contribution in [3.8, 4) is 0 Å². The molecule has 100 valence electrons. The molecule has 1 unspecified atom stereocenters. The molecule has 1 amide bonds. The van der Waals surface area contributed by atoms with Gasteiger partial charge in [-0.3, -0.25) is 4.79 Å². The zero-order valence-corrected chi connectivity index (χ0v) is 11.6. The number of carbonyl (C=O) groups excluding carboxylic acids is 1. The molecule has 2 atom stereocenters. The maximum atomic E-state index is 12.2. The molecule has 2 N–H and O–H groups in total. The molecule has 0 radical (unpaired) electrons. The first-order valence-electron chi connectivity index (χ1n) is 7.00. The minimum absolute atomic E-state index is 0.313. The van der Waals surface area contributed by atoms with Crippen LogP contribution in [-0.4, -0.2) is 30.4 Å². The fraction of sp³-hybridized carbons (Fsp3) is 0.929. The first-order chi connectivity index (χ1) is 8.02. The summed E-state index contributed by atoms with van der Waals surface area (Å²) >= 11 is 0. The summed E-state index contributed by atoms with van der Waals surface area (Å²) in [5.41, 5.74) is 5.76. The minimum atomic E-state index is 0.313. The van der Waals surface area contributed by atoms with Crippen molar-refractivity contribution < 1.29 is 4.79 Å². The van der Waals surface area contributed by atoms with Crippen molar-refractivity contribution in [1.82, 2.24) is 4.90 Å². The maximum Gasteiger partial charge on any atom is 0.222 e. The Bertz CT molecular complexity index is 240. The summed E-state index contributed by atoms with van der Waals surface area (Å²) in [5, 5.41) is 0. The quantitative estimate of drug-likeness (QED) is 0.801. The number of nitrogens with zero attached hydrogens (tertiary/aromatic N) is 1. The van der Waals surface area contributed by atoms with Crippen molar-refractivity contribution >= 4 is 5.91 Å². The van der Waals surface area contributed by atoms with Crippen LogP contribution in [0.5, 0.6) is 0 Å². The number of nitrogens with two attached hydrogens (primary N) is 1. The van der Waals surface area contributed by atoms with E-state index < -0.39 is 0 Å². The highest BCUT2D eigenvalue weighted by molar-refractivity contribution is 5.76. The molecular formula is C14H28N2O. The van der Waals surface area contributed by atoms with Crippen LogP contribution in [0.3, 0.4) is 0 Å². The van der Waals surface area contributed by atoms with Gasteiger partial charge in [-0.05, 0) is 43.6 Å². The average molecular weight is 240 g/mol. The van der Waals surface area contributed by atoms with Gasteiger partial charge in [0.2, 0.25) is 5.91 Å². The predicted octanol–water partition coefficient (Wildman–Crippen LogP) is 2.26. The van der Waals surface area contributed by atoms with Crippen molar-refractivity contribution in [3.63, 3.8) is 0 Å². The zero-order chi connectivity index (χ0) is 12.8. The monoisotopic (exact) mass is 240 g/mol. The van der Waals surface area contributed by atoms with E-state index in [0.717, 1.165) is 25.9 Å². The number of hydrogen-bond donors (Lipinski definition) is 1. The molecule has 3 nitrogen and oxygen atoms in total. The third kappa shape index (κ3) is 5.07. The Hall–Kier alpha value is -0.570. The van der Waals surface area contributed by atoms with Crippen molar-refractivity contribution in [2.45, 2.75) is 46.5 Å². The van der Waals surface area contributed by atoms with Gasteiger partial charge < -0.3 is 10.6 Å². The summed E-state index contributed by atoms with van der Waals surface area (Å²) in [6, 6.07) is 0. The first-order valence-corrected chi connectivity index (χ1v) is 7.00. The van der Waals surface area contributed by atoms with Crippen LogP contribution < -0.4 is 5.73 Å². The summed E-state index contributed by atoms with van der Waals surface area (Å²) in [7, 11) is 0. The number of amides is 1. The van der Waals surface area contributed by atoms with Crippen LogP contribution in [0, 0.1) is 17.8 Å². The van der Waals surface area contributed by atoms with Crippen molar-refractivity contribution in [2.24, 2.45) is 23.5 Å². The zero-order valence-electron chi connectivity index (χ0n) is 11.6. The summed E-state index contributed by atoms with van der Waals surface area (Å²) in [5.74, 6) is 1.96. The van der Waals surface area contributed by atoms with Gasteiger partial charge >= 0.3 is 0 Å². The molecule has 0 aromatic heterocycles. The number of piperidine rings is 1. The molecule has 0 aromatic rings. The Balaban J connectivity index is 2.40. The number of carbonyl (C=O) groups is 1. The van der Waals surface area contributed by atoms with E-state index in [1.165, 1.54) is 6.42 Å². The largest absolute Gasteiger partial charge is 0.342 e. The van der Waals surface area contributed by atoms with Gasteiger partial charge in [0.15, 0.2) is 0 Å². The Morgan fingerprint density at radius 3 is 2.71 bits per heavy atom. The van der Waals surface area contributed by atoms with Crippen LogP contribution >= 0.6 is 0 Å². The van der Waals surface area contributed by atoms with Crippen LogP contribution in [-0.2, 0) is 4.79 Å². The Morgan fingerprint density at radius 1 is 1.47 bits per heavy atom. The molecular weight excluding hydrogens is 212 g/mol. The molecule has 1 aliphatic rings. The lowest BCUT2D eigenvalue weighted by Gasteiger charge is -2.32. The Morgan fingerprint density at radius 2 is 2.18 bits per heavy atom. The molecule has 0 spiro atoms. The summed E-state index contributed by atoms with van der Waals surface area (Å²) in [4.78, 5) is 14.2. The standard InChI is InChI=1S/C14H28N2O/c1-11(2)7-13(9-15)8-14(17)16-6-4-5-12(3)10-16/h11-13H,4-10,15H2,1-3H3/t12?,13-/m0/s1. The minimum Gasteiger partial charge on any atom is -0.342 e. The molecule has 1 saturated heterocycles. The third-order valence-electron chi connectivity index (χ3n) is 3.61. The second-order valence-corrected chi connectivity index (χ2v) is 6.02. The summed E-state index contributed by atoms with van der Waals surface area (Å²) in [6.07, 6.45) is 4.12. The highest BCUT2D eigenvalue weighted by Gasteiger charge is 2.23. The first kappa shape index (κ1) is 14.5. The lowest BCUT2D eigenvalue weighted by atomic mass is 9.93. The van der Waals surface area contributed by atoms with Crippen LogP contribution in [0.1, 0.15) is 46.5 Å². The van der Waals surface area contributed by atoms with E-state index in [9.17, 15) is 4.79 Å². The summed E-state index contributed by atoms with van der Waals surface area (Å²) in [6.45, 7) is 9.13. The smallest absolute Gasteiger partial charge is 0.222 e. The van der Waals surface area contributed by atoms with E-state index in [2.05, 4.69) is 20.8 Å². The number of rotatable bonds is 5. The Kier molecular flexibility index (Phi) is 5.96. The molecule has 1 fully saturated rings. The van der Waals surface area contributed by atoms with E-state index in [4.69, 9.17) is 5.73 Å². The van der Waals surface area contributed by atoms with Gasteiger partial charge in [0.25, 0.3) is 0 Å². The Labute approximate surface area is 106 Å². The van der Waals surface area contributed by atoms with Crippen LogP contribution in [0.2, 0.25) is 0 Å². The van der Waals surface area contributed by atoms with Crippen LogP contribution in [0.15, 0.2) is 0 Å². The highest BCUT2D eigenvalue weighted by Crippen LogP contribution is 2.20. The fourth-order valence-corrected chi connectivity index (χ4v) is 2.72. The SMILES string of the molecule is CC(C)C[C@H](CN)CC(=O)N1CCCC(C)C1. The van der Waals surface area contributed by atoms with E-state index in [-0.39, 0.29) is 0 Å². The molecule has 1 rings (SSSR count). The lowest BCUT2D eigenvalue weighted by molar-refractivity contribution is -0.133. The highest BCUT2D eigenvalue weighted by atomic mass is 16.2. The van der Waals surface area contributed by atoms with Gasteiger partial charge in [-0.2, -0.15) is 0 Å². The van der Waals surface area contributed by atoms with Gasteiger partial charge in [0, 0.05) is 19.5 Å². The fourth-order valence-electron chi connectivity index (χ4n) is 2.72. The average Bonchev–Trinajstić information content (AvgIpc) is 2.27. The van der Waals surface area contributed by atoms with Gasteiger partial charge in [0.05, 0.1) is 0 Å². The van der Waals surface area contributed by atoms with E-state index >= 15 is 0 Å². The summed E-state index contributed by atoms with van der Waals surface area (Å²) < 4.78 is 0. The second kappa shape index (κ2) is 7.00. The number of likely N-dealkylation sites (tertiary alicyclic amines) is 1. The molecule has 1 heterocycles. The topological polar surface area (TPSA) is 46.3 Å².